The minimum atomic E-state index is 0.103. The monoisotopic (exact) mass is 323 g/mol. The molecule has 0 amide bonds. The molecule has 24 heavy (non-hydrogen) atoms. The van der Waals surface area contributed by atoms with E-state index in [0.717, 1.165) is 38.0 Å². The Hall–Kier alpha value is -1.84. The van der Waals surface area contributed by atoms with Crippen LogP contribution >= 0.6 is 0 Å². The molecule has 0 bridgehead atoms. The van der Waals surface area contributed by atoms with Gasteiger partial charge in [0.1, 0.15) is 5.75 Å². The van der Waals surface area contributed by atoms with Crippen LogP contribution in [0.25, 0.3) is 0 Å². The standard InChI is InChI=1S/C21H25NO2/c1-15-12-22(14-21(24-15)16-6-3-2-4-7-16)13-19-10-17-8-5-9-18(17)11-20(19)23/h2-4,6-7,10-11,15,21,23H,5,8-9,12-14H2,1H3. The van der Waals surface area contributed by atoms with Gasteiger partial charge in [-0.05, 0) is 48.9 Å². The van der Waals surface area contributed by atoms with Crippen LogP contribution in [0.1, 0.15) is 41.7 Å². The number of aryl methyl sites for hydroxylation is 2. The summed E-state index contributed by atoms with van der Waals surface area (Å²) in [5.74, 6) is 0.450. The second kappa shape index (κ2) is 6.58. The molecule has 2 aliphatic rings. The summed E-state index contributed by atoms with van der Waals surface area (Å²) in [5, 5.41) is 10.4. The van der Waals surface area contributed by atoms with Gasteiger partial charge in [0.15, 0.2) is 0 Å². The zero-order chi connectivity index (χ0) is 16.5. The maximum atomic E-state index is 10.4. The molecule has 1 N–H and O–H groups in total. The van der Waals surface area contributed by atoms with Crippen LogP contribution in [-0.2, 0) is 24.1 Å². The smallest absolute Gasteiger partial charge is 0.120 e. The fourth-order valence-corrected chi connectivity index (χ4v) is 4.05. The number of aromatic hydroxyl groups is 1. The normalized spacial score (nSPS) is 24.0. The van der Waals surface area contributed by atoms with Crippen LogP contribution < -0.4 is 0 Å². The second-order valence-corrected chi connectivity index (χ2v) is 7.14. The predicted molar refractivity (Wildman–Crippen MR) is 95.1 cm³/mol. The molecule has 4 rings (SSSR count). The number of phenols is 1. The highest BCUT2D eigenvalue weighted by atomic mass is 16.5. The zero-order valence-corrected chi connectivity index (χ0v) is 14.2. The van der Waals surface area contributed by atoms with Crippen molar-refractivity contribution in [1.29, 1.82) is 0 Å². The largest absolute Gasteiger partial charge is 0.508 e. The van der Waals surface area contributed by atoms with E-state index in [0.29, 0.717) is 5.75 Å². The summed E-state index contributed by atoms with van der Waals surface area (Å²) in [7, 11) is 0. The van der Waals surface area contributed by atoms with E-state index in [9.17, 15) is 5.11 Å². The highest BCUT2D eigenvalue weighted by Gasteiger charge is 2.27. The maximum Gasteiger partial charge on any atom is 0.120 e. The molecule has 3 nitrogen and oxygen atoms in total. The van der Waals surface area contributed by atoms with Crippen LogP contribution in [0.5, 0.6) is 5.75 Å². The lowest BCUT2D eigenvalue weighted by Gasteiger charge is -2.37. The first-order chi connectivity index (χ1) is 11.7. The molecule has 1 heterocycles. The molecule has 1 fully saturated rings. The van der Waals surface area contributed by atoms with Crippen molar-refractivity contribution in [2.24, 2.45) is 0 Å². The Morgan fingerprint density at radius 1 is 1.08 bits per heavy atom. The highest BCUT2D eigenvalue weighted by molar-refractivity contribution is 5.44. The second-order valence-electron chi connectivity index (χ2n) is 7.14. The molecule has 1 aliphatic heterocycles. The zero-order valence-electron chi connectivity index (χ0n) is 14.2. The van der Waals surface area contributed by atoms with Crippen LogP contribution in [-0.4, -0.2) is 29.2 Å². The first-order valence-electron chi connectivity index (χ1n) is 8.95. The van der Waals surface area contributed by atoms with Crippen molar-refractivity contribution in [3.05, 3.63) is 64.7 Å². The topological polar surface area (TPSA) is 32.7 Å². The minimum absolute atomic E-state index is 0.103. The number of hydrogen-bond acceptors (Lipinski definition) is 3. The number of hydrogen-bond donors (Lipinski definition) is 1. The van der Waals surface area contributed by atoms with Gasteiger partial charge >= 0.3 is 0 Å². The van der Waals surface area contributed by atoms with Gasteiger partial charge in [0.05, 0.1) is 12.2 Å². The molecule has 2 atom stereocenters. The predicted octanol–water partition coefficient (Wildman–Crippen LogP) is 3.84. The van der Waals surface area contributed by atoms with Gasteiger partial charge in [-0.25, -0.2) is 0 Å². The van der Waals surface area contributed by atoms with Gasteiger partial charge in [-0.15, -0.1) is 0 Å². The summed E-state index contributed by atoms with van der Waals surface area (Å²) in [6.45, 7) is 4.69. The third-order valence-electron chi connectivity index (χ3n) is 5.19. The van der Waals surface area contributed by atoms with Crippen molar-refractivity contribution in [3.63, 3.8) is 0 Å². The molecule has 0 saturated carbocycles. The molecule has 2 aromatic rings. The van der Waals surface area contributed by atoms with Crippen molar-refractivity contribution < 1.29 is 9.84 Å². The minimum Gasteiger partial charge on any atom is -0.508 e. The summed E-state index contributed by atoms with van der Waals surface area (Å²) in [4.78, 5) is 2.40. The number of phenolic OH excluding ortho intramolecular Hbond substituents is 1. The maximum absolute atomic E-state index is 10.4. The Labute approximate surface area is 143 Å². The van der Waals surface area contributed by atoms with Crippen molar-refractivity contribution in [2.45, 2.75) is 44.9 Å². The Kier molecular flexibility index (Phi) is 4.30. The fourth-order valence-electron chi connectivity index (χ4n) is 4.05. The fraction of sp³-hybridized carbons (Fsp3) is 0.429. The Morgan fingerprint density at radius 3 is 2.62 bits per heavy atom. The number of ether oxygens (including phenoxy) is 1. The summed E-state index contributed by atoms with van der Waals surface area (Å²) >= 11 is 0. The van der Waals surface area contributed by atoms with E-state index in [-0.39, 0.29) is 12.2 Å². The average molecular weight is 323 g/mol. The summed E-state index contributed by atoms with van der Waals surface area (Å²) in [6, 6.07) is 14.6. The Balaban J connectivity index is 1.52. The van der Waals surface area contributed by atoms with Crippen molar-refractivity contribution in [1.82, 2.24) is 4.90 Å². The van der Waals surface area contributed by atoms with Gasteiger partial charge in [-0.3, -0.25) is 4.90 Å². The molecule has 126 valence electrons. The van der Waals surface area contributed by atoms with Gasteiger partial charge in [0.25, 0.3) is 0 Å². The van der Waals surface area contributed by atoms with Crippen molar-refractivity contribution in [3.8, 4) is 5.75 Å². The number of rotatable bonds is 3. The lowest BCUT2D eigenvalue weighted by atomic mass is 10.0. The third-order valence-corrected chi connectivity index (χ3v) is 5.19. The quantitative estimate of drug-likeness (QED) is 0.931. The van der Waals surface area contributed by atoms with Crippen LogP contribution in [0, 0.1) is 0 Å². The molecule has 3 heteroatoms. The van der Waals surface area contributed by atoms with E-state index in [1.165, 1.54) is 23.1 Å². The van der Waals surface area contributed by atoms with E-state index in [2.05, 4.69) is 42.2 Å². The molecule has 1 saturated heterocycles. The summed E-state index contributed by atoms with van der Waals surface area (Å²) < 4.78 is 6.14. The molecule has 2 aromatic carbocycles. The lowest BCUT2D eigenvalue weighted by molar-refractivity contribution is -0.0815. The number of nitrogens with zero attached hydrogens (tertiary/aromatic N) is 1. The van der Waals surface area contributed by atoms with Crippen LogP contribution in [0.4, 0.5) is 0 Å². The summed E-state index contributed by atoms with van der Waals surface area (Å²) in [5.41, 5.74) is 5.03. The molecule has 0 spiro atoms. The lowest BCUT2D eigenvalue weighted by Crippen LogP contribution is -2.42. The molecule has 0 radical (unpaired) electrons. The van der Waals surface area contributed by atoms with Gasteiger partial charge in [0.2, 0.25) is 0 Å². The van der Waals surface area contributed by atoms with Crippen LogP contribution in [0.3, 0.4) is 0 Å². The van der Waals surface area contributed by atoms with Gasteiger partial charge in [-0.1, -0.05) is 36.4 Å². The number of benzene rings is 2. The van der Waals surface area contributed by atoms with Crippen LogP contribution in [0.15, 0.2) is 42.5 Å². The van der Waals surface area contributed by atoms with E-state index in [1.54, 1.807) is 0 Å². The molecule has 0 aromatic heterocycles. The van der Waals surface area contributed by atoms with E-state index < -0.39 is 0 Å². The van der Waals surface area contributed by atoms with Crippen molar-refractivity contribution >= 4 is 0 Å². The van der Waals surface area contributed by atoms with E-state index >= 15 is 0 Å². The Morgan fingerprint density at radius 2 is 1.83 bits per heavy atom. The summed E-state index contributed by atoms with van der Waals surface area (Å²) in [6.07, 6.45) is 3.76. The molecular formula is C21H25NO2. The van der Waals surface area contributed by atoms with Gasteiger partial charge < -0.3 is 9.84 Å². The third kappa shape index (κ3) is 3.19. The van der Waals surface area contributed by atoms with E-state index in [4.69, 9.17) is 4.74 Å². The first kappa shape index (κ1) is 15.7. The first-order valence-corrected chi connectivity index (χ1v) is 8.95. The SMILES string of the molecule is CC1CN(Cc2cc3c(cc2O)CCC3)CC(c2ccccc2)O1. The highest BCUT2D eigenvalue weighted by Crippen LogP contribution is 2.32. The molecule has 2 unspecified atom stereocenters. The van der Waals surface area contributed by atoms with Gasteiger partial charge in [0, 0.05) is 25.2 Å². The average Bonchev–Trinajstić information content (AvgIpc) is 3.02. The van der Waals surface area contributed by atoms with Crippen molar-refractivity contribution in [2.75, 3.05) is 13.1 Å². The Bertz CT molecular complexity index is 713. The molecular weight excluding hydrogens is 298 g/mol. The van der Waals surface area contributed by atoms with Gasteiger partial charge in [-0.2, -0.15) is 0 Å². The molecule has 1 aliphatic carbocycles. The number of morpholine rings is 1. The number of fused-ring (bicyclic) bond motifs is 1. The van der Waals surface area contributed by atoms with Crippen LogP contribution in [0.2, 0.25) is 0 Å². The van der Waals surface area contributed by atoms with E-state index in [1.807, 2.05) is 12.1 Å².